The van der Waals surface area contributed by atoms with Crippen LogP contribution in [0.4, 0.5) is 0 Å². The van der Waals surface area contributed by atoms with Gasteiger partial charge < -0.3 is 9.64 Å². The highest BCUT2D eigenvalue weighted by Gasteiger charge is 2.29. The van der Waals surface area contributed by atoms with Crippen LogP contribution in [0, 0.1) is 18.3 Å². The van der Waals surface area contributed by atoms with Gasteiger partial charge in [0.2, 0.25) is 15.9 Å². The molecule has 0 saturated carbocycles. The summed E-state index contributed by atoms with van der Waals surface area (Å²) in [6, 6.07) is 8.36. The molecule has 1 fully saturated rings. The molecule has 0 spiro atoms. The molecule has 1 aliphatic heterocycles. The van der Waals surface area contributed by atoms with Crippen molar-refractivity contribution in [2.24, 2.45) is 0 Å². The van der Waals surface area contributed by atoms with E-state index in [9.17, 15) is 18.0 Å². The van der Waals surface area contributed by atoms with Crippen molar-refractivity contribution in [1.82, 2.24) is 9.21 Å². The van der Waals surface area contributed by atoms with Crippen LogP contribution in [0.2, 0.25) is 0 Å². The third-order valence-electron chi connectivity index (χ3n) is 4.05. The monoisotopic (exact) mass is 391 g/mol. The van der Waals surface area contributed by atoms with Crippen LogP contribution < -0.4 is 0 Å². The number of hydrogen-bond acceptors (Lipinski definition) is 6. The van der Waals surface area contributed by atoms with E-state index >= 15 is 0 Å². The number of aryl methyl sites for hydroxylation is 1. The first-order valence-corrected chi connectivity index (χ1v) is 9.82. The number of hydrogen-bond donors (Lipinski definition) is 0. The maximum atomic E-state index is 12.6. The zero-order valence-corrected chi connectivity index (χ0v) is 16.0. The molecule has 1 saturated heterocycles. The average molecular weight is 391 g/mol. The summed E-state index contributed by atoms with van der Waals surface area (Å²) in [6.07, 6.45) is 1.13. The van der Waals surface area contributed by atoms with Crippen molar-refractivity contribution in [2.45, 2.75) is 24.8 Å². The van der Waals surface area contributed by atoms with Gasteiger partial charge in [-0.25, -0.2) is 13.2 Å². The Morgan fingerprint density at radius 3 is 2.30 bits per heavy atom. The zero-order chi connectivity index (χ0) is 20.0. The normalized spacial score (nSPS) is 16.7. The first kappa shape index (κ1) is 20.6. The average Bonchev–Trinajstić information content (AvgIpc) is 2.66. The molecule has 2 rings (SSSR count). The number of ether oxygens (including phenoxy) is 1. The van der Waals surface area contributed by atoms with E-state index in [1.165, 1.54) is 16.1 Å². The molecule has 144 valence electrons. The topological polar surface area (TPSA) is 108 Å². The van der Waals surface area contributed by atoms with Crippen LogP contribution in [0.1, 0.15) is 12.5 Å². The van der Waals surface area contributed by atoms with E-state index in [-0.39, 0.29) is 31.1 Å². The highest BCUT2D eigenvalue weighted by Crippen LogP contribution is 2.18. The summed E-state index contributed by atoms with van der Waals surface area (Å²) >= 11 is 0. The Morgan fingerprint density at radius 1 is 1.15 bits per heavy atom. The quantitative estimate of drug-likeness (QED) is 0.544. The van der Waals surface area contributed by atoms with E-state index in [1.807, 2.05) is 6.92 Å². The Kier molecular flexibility index (Phi) is 6.71. The second-order valence-corrected chi connectivity index (χ2v) is 8.02. The maximum absolute atomic E-state index is 12.6. The van der Waals surface area contributed by atoms with Crippen LogP contribution in [-0.4, -0.2) is 61.8 Å². The van der Waals surface area contributed by atoms with Gasteiger partial charge in [-0.1, -0.05) is 17.7 Å². The number of nitriles is 1. The maximum Gasteiger partial charge on any atom is 0.332 e. The first-order valence-electron chi connectivity index (χ1n) is 8.38. The Bertz CT molecular complexity index is 863. The lowest BCUT2D eigenvalue weighted by molar-refractivity contribution is -0.140. The number of nitrogens with zero attached hydrogens (tertiary/aromatic N) is 3. The van der Waals surface area contributed by atoms with Gasteiger partial charge in [-0.15, -0.1) is 0 Å². The lowest BCUT2D eigenvalue weighted by Crippen LogP contribution is -2.50. The van der Waals surface area contributed by atoms with E-state index in [0.717, 1.165) is 17.7 Å². The van der Waals surface area contributed by atoms with E-state index < -0.39 is 28.0 Å². The summed E-state index contributed by atoms with van der Waals surface area (Å²) in [4.78, 5) is 25.2. The molecule has 1 aromatic rings. The molecule has 0 aromatic heterocycles. The number of sulfonamides is 1. The third kappa shape index (κ3) is 5.39. The zero-order valence-electron chi connectivity index (χ0n) is 15.2. The Hall–Kier alpha value is -2.70. The number of piperazine rings is 1. The molecule has 1 aromatic carbocycles. The minimum Gasteiger partial charge on any atom is -0.444 e. The van der Waals surface area contributed by atoms with E-state index in [4.69, 9.17) is 10.00 Å². The lowest BCUT2D eigenvalue weighted by atomic mass is 10.2. The number of rotatable bonds is 5. The van der Waals surface area contributed by atoms with Crippen molar-refractivity contribution in [2.75, 3.05) is 26.2 Å². The second kappa shape index (κ2) is 8.79. The summed E-state index contributed by atoms with van der Waals surface area (Å²) in [5.41, 5.74) is 0.971. The lowest BCUT2D eigenvalue weighted by Gasteiger charge is -2.33. The molecule has 9 heteroatoms. The van der Waals surface area contributed by atoms with E-state index in [1.54, 1.807) is 30.3 Å². The van der Waals surface area contributed by atoms with E-state index in [0.29, 0.717) is 0 Å². The summed E-state index contributed by atoms with van der Waals surface area (Å²) in [5.74, 6) is -1.19. The van der Waals surface area contributed by atoms with Gasteiger partial charge in [0, 0.05) is 38.3 Å². The Morgan fingerprint density at radius 2 is 1.74 bits per heavy atom. The van der Waals surface area contributed by atoms with Gasteiger partial charge in [0.1, 0.15) is 6.07 Å². The highest BCUT2D eigenvalue weighted by atomic mass is 32.2. The Balaban J connectivity index is 1.93. The minimum absolute atomic E-state index is 0.172. The Labute approximate surface area is 158 Å². The molecule has 8 nitrogen and oxygen atoms in total. The van der Waals surface area contributed by atoms with Gasteiger partial charge in [-0.3, -0.25) is 4.79 Å². The predicted octanol–water partition coefficient (Wildman–Crippen LogP) is 0.839. The third-order valence-corrected chi connectivity index (χ3v) is 5.96. The van der Waals surface area contributed by atoms with Crippen LogP contribution in [0.15, 0.2) is 41.3 Å². The van der Waals surface area contributed by atoms with Crippen molar-refractivity contribution in [3.63, 3.8) is 0 Å². The van der Waals surface area contributed by atoms with E-state index in [2.05, 4.69) is 0 Å². The van der Waals surface area contributed by atoms with Crippen LogP contribution in [-0.2, 0) is 24.3 Å². The van der Waals surface area contributed by atoms with Crippen LogP contribution in [0.3, 0.4) is 0 Å². The molecule has 0 unspecified atom stereocenters. The van der Waals surface area contributed by atoms with Crippen molar-refractivity contribution >= 4 is 21.9 Å². The SMILES string of the molecule is Cc1ccc(S(=O)(=O)N2CCN(C(=O)/C=C/C(=O)O[C@H](C)C#N)CC2)cc1. The highest BCUT2D eigenvalue weighted by molar-refractivity contribution is 7.89. The fourth-order valence-electron chi connectivity index (χ4n) is 2.49. The second-order valence-electron chi connectivity index (χ2n) is 6.08. The minimum atomic E-state index is -3.60. The van der Waals surface area contributed by atoms with Gasteiger partial charge in [0.15, 0.2) is 6.10 Å². The number of carbonyl (C=O) groups is 2. The van der Waals surface area contributed by atoms with Crippen molar-refractivity contribution in [3.05, 3.63) is 42.0 Å². The smallest absolute Gasteiger partial charge is 0.332 e. The van der Waals surface area contributed by atoms with Gasteiger partial charge in [0.05, 0.1) is 4.90 Å². The number of esters is 1. The molecule has 0 aliphatic carbocycles. The molecule has 0 N–H and O–H groups in total. The molecular weight excluding hydrogens is 370 g/mol. The summed E-state index contributed by atoms with van der Waals surface area (Å²) in [6.45, 7) is 4.08. The molecule has 1 atom stereocenters. The predicted molar refractivity (Wildman–Crippen MR) is 96.8 cm³/mol. The van der Waals surface area contributed by atoms with Crippen LogP contribution >= 0.6 is 0 Å². The van der Waals surface area contributed by atoms with Crippen molar-refractivity contribution in [3.8, 4) is 6.07 Å². The number of amides is 1. The summed E-state index contributed by atoms with van der Waals surface area (Å²) in [7, 11) is -3.60. The molecule has 27 heavy (non-hydrogen) atoms. The van der Waals surface area contributed by atoms with Gasteiger partial charge in [-0.2, -0.15) is 9.57 Å². The molecule has 1 heterocycles. The molecule has 0 bridgehead atoms. The molecule has 0 radical (unpaired) electrons. The van der Waals surface area contributed by atoms with Gasteiger partial charge in [-0.05, 0) is 26.0 Å². The molecule has 1 amide bonds. The fourth-order valence-corrected chi connectivity index (χ4v) is 3.91. The van der Waals surface area contributed by atoms with Crippen LogP contribution in [0.25, 0.3) is 0 Å². The van der Waals surface area contributed by atoms with Crippen molar-refractivity contribution in [1.29, 1.82) is 5.26 Å². The van der Waals surface area contributed by atoms with Crippen molar-refractivity contribution < 1.29 is 22.7 Å². The summed E-state index contributed by atoms with van der Waals surface area (Å²) in [5, 5.41) is 8.57. The van der Waals surface area contributed by atoms with Gasteiger partial charge >= 0.3 is 5.97 Å². The molecular formula is C18H21N3O5S. The van der Waals surface area contributed by atoms with Gasteiger partial charge in [0.25, 0.3) is 0 Å². The standard InChI is InChI=1S/C18H21N3O5S/c1-14-3-5-16(6-4-14)27(24,25)21-11-9-20(10-12-21)17(22)7-8-18(23)26-15(2)13-19/h3-8,15H,9-12H2,1-2H3/b8-7+/t15-/m1/s1. The van der Waals surface area contributed by atoms with Crippen LogP contribution in [0.5, 0.6) is 0 Å². The first-order chi connectivity index (χ1) is 12.7. The summed E-state index contributed by atoms with van der Waals surface area (Å²) < 4.78 is 31.3. The number of carbonyl (C=O) groups excluding carboxylic acids is 2. The number of benzene rings is 1. The molecule has 1 aliphatic rings. The fraction of sp³-hybridized carbons (Fsp3) is 0.389. The largest absolute Gasteiger partial charge is 0.444 e.